The fraction of sp³-hybridized carbons (Fsp3) is 0.333. The average Bonchev–Trinajstić information content (AvgIpc) is 2.59. The van der Waals surface area contributed by atoms with Gasteiger partial charge in [-0.25, -0.2) is 4.98 Å². The van der Waals surface area contributed by atoms with E-state index in [9.17, 15) is 0 Å². The van der Waals surface area contributed by atoms with Crippen LogP contribution in [0.2, 0.25) is 0 Å². The third-order valence-corrected chi connectivity index (χ3v) is 2.76. The number of halogens is 1. The van der Waals surface area contributed by atoms with Crippen LogP contribution in [0.1, 0.15) is 12.6 Å². The van der Waals surface area contributed by atoms with E-state index in [4.69, 9.17) is 11.6 Å². The van der Waals surface area contributed by atoms with Crippen molar-refractivity contribution < 1.29 is 0 Å². The Kier molecular flexibility index (Phi) is 3.33. The van der Waals surface area contributed by atoms with Crippen molar-refractivity contribution in [3.63, 3.8) is 0 Å². The molecule has 17 heavy (non-hydrogen) atoms. The first kappa shape index (κ1) is 11.9. The van der Waals surface area contributed by atoms with Crippen LogP contribution in [-0.4, -0.2) is 20.3 Å². The predicted molar refractivity (Wildman–Crippen MR) is 70.1 cm³/mol. The molecule has 0 aromatic carbocycles. The minimum Gasteiger partial charge on any atom is -0.354 e. The second-order valence-corrected chi connectivity index (χ2v) is 4.61. The van der Waals surface area contributed by atoms with Gasteiger partial charge in [-0.3, -0.25) is 4.68 Å². The Morgan fingerprint density at radius 2 is 2.24 bits per heavy atom. The van der Waals surface area contributed by atoms with Crippen molar-refractivity contribution >= 4 is 17.4 Å². The highest BCUT2D eigenvalue weighted by molar-refractivity contribution is 6.21. The SMILES string of the molecule is Cc1c(-c2ccnc(NC(C)Cl)c2)cnn1C. The molecule has 0 fully saturated rings. The topological polar surface area (TPSA) is 42.7 Å². The van der Waals surface area contributed by atoms with E-state index in [0.29, 0.717) is 0 Å². The molecule has 4 nitrogen and oxygen atoms in total. The molecule has 1 N–H and O–H groups in total. The average molecular weight is 251 g/mol. The number of nitrogens with zero attached hydrogens (tertiary/aromatic N) is 3. The van der Waals surface area contributed by atoms with Gasteiger partial charge in [0.05, 0.1) is 11.7 Å². The summed E-state index contributed by atoms with van der Waals surface area (Å²) >= 11 is 5.88. The molecule has 2 rings (SSSR count). The van der Waals surface area contributed by atoms with Crippen molar-refractivity contribution in [3.8, 4) is 11.1 Å². The zero-order valence-electron chi connectivity index (χ0n) is 10.1. The third kappa shape index (κ3) is 2.58. The van der Waals surface area contributed by atoms with E-state index < -0.39 is 0 Å². The quantitative estimate of drug-likeness (QED) is 0.673. The van der Waals surface area contributed by atoms with Gasteiger partial charge in [-0.1, -0.05) is 11.6 Å². The molecule has 2 aromatic heterocycles. The van der Waals surface area contributed by atoms with Crippen LogP contribution in [0.5, 0.6) is 0 Å². The zero-order valence-corrected chi connectivity index (χ0v) is 10.9. The van der Waals surface area contributed by atoms with Gasteiger partial charge in [-0.2, -0.15) is 5.10 Å². The van der Waals surface area contributed by atoms with Crippen molar-refractivity contribution in [2.75, 3.05) is 5.32 Å². The number of aryl methyl sites for hydroxylation is 1. The van der Waals surface area contributed by atoms with Crippen molar-refractivity contribution in [2.45, 2.75) is 19.3 Å². The lowest BCUT2D eigenvalue weighted by molar-refractivity contribution is 0.740. The Morgan fingerprint density at radius 1 is 1.47 bits per heavy atom. The molecule has 0 saturated carbocycles. The smallest absolute Gasteiger partial charge is 0.127 e. The van der Waals surface area contributed by atoms with Gasteiger partial charge in [-0.15, -0.1) is 0 Å². The molecule has 0 radical (unpaired) electrons. The Morgan fingerprint density at radius 3 is 2.82 bits per heavy atom. The lowest BCUT2D eigenvalue weighted by Gasteiger charge is -2.08. The van der Waals surface area contributed by atoms with Gasteiger partial charge in [0, 0.05) is 24.5 Å². The summed E-state index contributed by atoms with van der Waals surface area (Å²) in [7, 11) is 1.93. The highest BCUT2D eigenvalue weighted by Gasteiger charge is 2.07. The highest BCUT2D eigenvalue weighted by Crippen LogP contribution is 2.24. The van der Waals surface area contributed by atoms with Gasteiger partial charge in [-0.05, 0) is 31.5 Å². The van der Waals surface area contributed by atoms with Crippen molar-refractivity contribution in [3.05, 3.63) is 30.2 Å². The highest BCUT2D eigenvalue weighted by atomic mass is 35.5. The maximum Gasteiger partial charge on any atom is 0.127 e. The fourth-order valence-electron chi connectivity index (χ4n) is 1.66. The predicted octanol–water partition coefficient (Wildman–Crippen LogP) is 2.79. The number of pyridine rings is 1. The third-order valence-electron chi connectivity index (χ3n) is 2.65. The molecule has 0 spiro atoms. The normalized spacial score (nSPS) is 12.5. The number of anilines is 1. The number of aromatic nitrogens is 3. The van der Waals surface area contributed by atoms with Crippen LogP contribution in [0.4, 0.5) is 5.82 Å². The number of alkyl halides is 1. The maximum absolute atomic E-state index is 5.88. The van der Waals surface area contributed by atoms with E-state index in [1.165, 1.54) is 0 Å². The molecule has 1 unspecified atom stereocenters. The summed E-state index contributed by atoms with van der Waals surface area (Å²) in [4.78, 5) is 4.22. The van der Waals surface area contributed by atoms with Gasteiger partial charge >= 0.3 is 0 Å². The van der Waals surface area contributed by atoms with Crippen molar-refractivity contribution in [2.24, 2.45) is 7.05 Å². The second-order valence-electron chi connectivity index (χ2n) is 3.96. The van der Waals surface area contributed by atoms with Gasteiger partial charge in [0.15, 0.2) is 0 Å². The lowest BCUT2D eigenvalue weighted by atomic mass is 10.1. The standard InChI is InChI=1S/C12H15ClN4/c1-8-11(7-15-17(8)3)10-4-5-14-12(6-10)16-9(2)13/h4-7,9H,1-3H3,(H,14,16). The van der Waals surface area contributed by atoms with E-state index >= 15 is 0 Å². The first-order valence-electron chi connectivity index (χ1n) is 5.43. The molecule has 0 bridgehead atoms. The van der Waals surface area contributed by atoms with E-state index in [1.54, 1.807) is 6.20 Å². The minimum absolute atomic E-state index is 0.146. The van der Waals surface area contributed by atoms with Crippen LogP contribution in [0.25, 0.3) is 11.1 Å². The van der Waals surface area contributed by atoms with Gasteiger partial charge in [0.2, 0.25) is 0 Å². The van der Waals surface area contributed by atoms with Crippen LogP contribution in [0, 0.1) is 6.92 Å². The molecule has 0 aliphatic carbocycles. The number of rotatable bonds is 3. The van der Waals surface area contributed by atoms with Crippen molar-refractivity contribution in [1.82, 2.24) is 14.8 Å². The lowest BCUT2D eigenvalue weighted by Crippen LogP contribution is -2.07. The van der Waals surface area contributed by atoms with Crippen LogP contribution < -0.4 is 5.32 Å². The van der Waals surface area contributed by atoms with Crippen LogP contribution in [0.15, 0.2) is 24.5 Å². The molecule has 1 atom stereocenters. The van der Waals surface area contributed by atoms with E-state index in [-0.39, 0.29) is 5.50 Å². The van der Waals surface area contributed by atoms with Crippen LogP contribution in [0.3, 0.4) is 0 Å². The van der Waals surface area contributed by atoms with Gasteiger partial charge in [0.1, 0.15) is 5.82 Å². The zero-order chi connectivity index (χ0) is 12.4. The molecule has 2 aromatic rings. The largest absolute Gasteiger partial charge is 0.354 e. The molecule has 0 amide bonds. The van der Waals surface area contributed by atoms with E-state index in [2.05, 4.69) is 15.4 Å². The molecule has 90 valence electrons. The van der Waals surface area contributed by atoms with Gasteiger partial charge < -0.3 is 5.32 Å². The number of hydrogen-bond acceptors (Lipinski definition) is 3. The Balaban J connectivity index is 2.36. The molecular weight excluding hydrogens is 236 g/mol. The summed E-state index contributed by atoms with van der Waals surface area (Å²) in [5.74, 6) is 0.772. The van der Waals surface area contributed by atoms with E-state index in [0.717, 1.165) is 22.6 Å². The fourth-order valence-corrected chi connectivity index (χ4v) is 1.77. The number of hydrogen-bond donors (Lipinski definition) is 1. The summed E-state index contributed by atoms with van der Waals surface area (Å²) in [5, 5.41) is 7.30. The summed E-state index contributed by atoms with van der Waals surface area (Å²) in [6.45, 7) is 3.91. The summed E-state index contributed by atoms with van der Waals surface area (Å²) in [5.41, 5.74) is 3.18. The van der Waals surface area contributed by atoms with Crippen LogP contribution in [-0.2, 0) is 7.05 Å². The Bertz CT molecular complexity index is 519. The van der Waals surface area contributed by atoms with Crippen LogP contribution >= 0.6 is 11.6 Å². The summed E-state index contributed by atoms with van der Waals surface area (Å²) < 4.78 is 1.85. The molecule has 2 heterocycles. The summed E-state index contributed by atoms with van der Waals surface area (Å²) in [6, 6.07) is 3.94. The summed E-state index contributed by atoms with van der Waals surface area (Å²) in [6.07, 6.45) is 3.63. The maximum atomic E-state index is 5.88. The van der Waals surface area contributed by atoms with Gasteiger partial charge in [0.25, 0.3) is 0 Å². The Hall–Kier alpha value is -1.55. The second kappa shape index (κ2) is 4.75. The monoisotopic (exact) mass is 250 g/mol. The van der Waals surface area contributed by atoms with Crippen molar-refractivity contribution in [1.29, 1.82) is 0 Å². The van der Waals surface area contributed by atoms with E-state index in [1.807, 2.05) is 43.9 Å². The first-order chi connectivity index (χ1) is 8.08. The Labute approximate surface area is 106 Å². The first-order valence-corrected chi connectivity index (χ1v) is 5.87. The molecule has 0 aliphatic heterocycles. The molecule has 0 saturated heterocycles. The minimum atomic E-state index is -0.146. The molecule has 5 heteroatoms. The number of nitrogens with one attached hydrogen (secondary N) is 1. The molecular formula is C12H15ClN4. The molecule has 0 aliphatic rings.